The van der Waals surface area contributed by atoms with Gasteiger partial charge >= 0.3 is 0 Å². The second kappa shape index (κ2) is 8.47. The zero-order chi connectivity index (χ0) is 15.1. The molecule has 3 nitrogen and oxygen atoms in total. The molecular weight excluding hydrogens is 302 g/mol. The summed E-state index contributed by atoms with van der Waals surface area (Å²) in [5.74, 6) is 0.962. The Morgan fingerprint density at radius 2 is 2.19 bits per heavy atom. The number of hydrogen-bond donors (Lipinski definition) is 1. The lowest BCUT2D eigenvalue weighted by Crippen LogP contribution is -2.25. The summed E-state index contributed by atoms with van der Waals surface area (Å²) in [6, 6.07) is 10.4. The molecule has 0 aliphatic rings. The SMILES string of the molecule is CCCn1nccc1C(CSc1cccc(Cl)c1)NCC. The number of nitrogens with zero attached hydrogens (tertiary/aromatic N) is 2. The number of benzene rings is 1. The van der Waals surface area contributed by atoms with E-state index < -0.39 is 0 Å². The molecule has 1 heterocycles. The number of nitrogens with one attached hydrogen (secondary N) is 1. The zero-order valence-corrected chi connectivity index (χ0v) is 14.1. The first kappa shape index (κ1) is 16.4. The maximum Gasteiger partial charge on any atom is 0.0587 e. The highest BCUT2D eigenvalue weighted by molar-refractivity contribution is 7.99. The van der Waals surface area contributed by atoms with E-state index in [2.05, 4.69) is 41.1 Å². The molecule has 5 heteroatoms. The van der Waals surface area contributed by atoms with Crippen molar-refractivity contribution in [2.24, 2.45) is 0 Å². The molecule has 0 saturated carbocycles. The molecule has 0 saturated heterocycles. The highest BCUT2D eigenvalue weighted by Crippen LogP contribution is 2.26. The third-order valence-corrected chi connectivity index (χ3v) is 4.53. The monoisotopic (exact) mass is 323 g/mol. The zero-order valence-electron chi connectivity index (χ0n) is 12.6. The molecule has 1 unspecified atom stereocenters. The van der Waals surface area contributed by atoms with Gasteiger partial charge in [0, 0.05) is 28.4 Å². The van der Waals surface area contributed by atoms with E-state index in [1.807, 2.05) is 36.2 Å². The third kappa shape index (κ3) is 4.77. The van der Waals surface area contributed by atoms with Gasteiger partial charge in [-0.15, -0.1) is 11.8 Å². The Bertz CT molecular complexity index is 556. The van der Waals surface area contributed by atoms with Gasteiger partial charge in [0.15, 0.2) is 0 Å². The summed E-state index contributed by atoms with van der Waals surface area (Å²) in [5, 5.41) is 8.77. The maximum absolute atomic E-state index is 6.04. The second-order valence-electron chi connectivity index (χ2n) is 4.86. The largest absolute Gasteiger partial charge is 0.308 e. The van der Waals surface area contributed by atoms with Crippen molar-refractivity contribution in [3.63, 3.8) is 0 Å². The molecule has 21 heavy (non-hydrogen) atoms. The Kier molecular flexibility index (Phi) is 6.61. The van der Waals surface area contributed by atoms with E-state index in [1.54, 1.807) is 0 Å². The van der Waals surface area contributed by atoms with Crippen LogP contribution in [0.15, 0.2) is 41.4 Å². The quantitative estimate of drug-likeness (QED) is 0.731. The van der Waals surface area contributed by atoms with Gasteiger partial charge in [0.25, 0.3) is 0 Å². The highest BCUT2D eigenvalue weighted by atomic mass is 35.5. The molecule has 2 rings (SSSR count). The van der Waals surface area contributed by atoms with E-state index in [4.69, 9.17) is 11.6 Å². The molecular formula is C16H22ClN3S. The van der Waals surface area contributed by atoms with Gasteiger partial charge in [0.2, 0.25) is 0 Å². The van der Waals surface area contributed by atoms with Crippen molar-refractivity contribution in [3.8, 4) is 0 Å². The van der Waals surface area contributed by atoms with Gasteiger partial charge in [0.1, 0.15) is 0 Å². The smallest absolute Gasteiger partial charge is 0.0587 e. The van der Waals surface area contributed by atoms with Gasteiger partial charge in [-0.05, 0) is 37.2 Å². The van der Waals surface area contributed by atoms with Gasteiger partial charge in [-0.2, -0.15) is 5.10 Å². The lowest BCUT2D eigenvalue weighted by Gasteiger charge is -2.19. The van der Waals surface area contributed by atoms with Crippen LogP contribution in [0.4, 0.5) is 0 Å². The van der Waals surface area contributed by atoms with Crippen molar-refractivity contribution in [1.82, 2.24) is 15.1 Å². The molecule has 0 aliphatic heterocycles. The number of rotatable bonds is 8. The first-order valence-electron chi connectivity index (χ1n) is 7.38. The summed E-state index contributed by atoms with van der Waals surface area (Å²) in [5.41, 5.74) is 1.26. The van der Waals surface area contributed by atoms with Crippen molar-refractivity contribution >= 4 is 23.4 Å². The average molecular weight is 324 g/mol. The van der Waals surface area contributed by atoms with E-state index in [0.717, 1.165) is 30.3 Å². The fourth-order valence-corrected chi connectivity index (χ4v) is 3.56. The van der Waals surface area contributed by atoms with Crippen LogP contribution in [0.5, 0.6) is 0 Å². The molecule has 0 fully saturated rings. The van der Waals surface area contributed by atoms with Gasteiger partial charge in [-0.1, -0.05) is 31.5 Å². The fourth-order valence-electron chi connectivity index (χ4n) is 2.27. The molecule has 0 spiro atoms. The molecule has 0 amide bonds. The predicted octanol–water partition coefficient (Wildman–Crippen LogP) is 4.39. The molecule has 1 atom stereocenters. The predicted molar refractivity (Wildman–Crippen MR) is 91.1 cm³/mol. The van der Waals surface area contributed by atoms with E-state index >= 15 is 0 Å². The first-order valence-corrected chi connectivity index (χ1v) is 8.74. The van der Waals surface area contributed by atoms with Crippen molar-refractivity contribution in [2.45, 2.75) is 37.8 Å². The minimum absolute atomic E-state index is 0.299. The van der Waals surface area contributed by atoms with Crippen molar-refractivity contribution in [2.75, 3.05) is 12.3 Å². The molecule has 0 aliphatic carbocycles. The number of thioether (sulfide) groups is 1. The normalized spacial score (nSPS) is 12.5. The Labute approximate surface area is 136 Å². The molecule has 0 radical (unpaired) electrons. The minimum atomic E-state index is 0.299. The Balaban J connectivity index is 2.06. The Hall–Kier alpha value is -0.970. The summed E-state index contributed by atoms with van der Waals surface area (Å²) in [6.45, 7) is 6.22. The topological polar surface area (TPSA) is 29.9 Å². The first-order chi connectivity index (χ1) is 10.2. The van der Waals surface area contributed by atoms with Crippen LogP contribution in [0.2, 0.25) is 5.02 Å². The molecule has 1 aromatic carbocycles. The van der Waals surface area contributed by atoms with Crippen LogP contribution in [0.1, 0.15) is 32.0 Å². The summed E-state index contributed by atoms with van der Waals surface area (Å²) < 4.78 is 2.10. The summed E-state index contributed by atoms with van der Waals surface area (Å²) in [4.78, 5) is 1.20. The summed E-state index contributed by atoms with van der Waals surface area (Å²) in [6.07, 6.45) is 2.98. The maximum atomic E-state index is 6.04. The Morgan fingerprint density at radius 1 is 1.33 bits per heavy atom. The van der Waals surface area contributed by atoms with Crippen molar-refractivity contribution in [3.05, 3.63) is 47.2 Å². The van der Waals surface area contributed by atoms with Crippen LogP contribution in [0.3, 0.4) is 0 Å². The lowest BCUT2D eigenvalue weighted by atomic mass is 10.2. The van der Waals surface area contributed by atoms with Crippen LogP contribution in [-0.4, -0.2) is 22.1 Å². The van der Waals surface area contributed by atoms with Gasteiger partial charge < -0.3 is 5.32 Å². The highest BCUT2D eigenvalue weighted by Gasteiger charge is 2.15. The molecule has 1 aromatic heterocycles. The lowest BCUT2D eigenvalue weighted by molar-refractivity contribution is 0.508. The molecule has 2 aromatic rings. The minimum Gasteiger partial charge on any atom is -0.308 e. The molecule has 1 N–H and O–H groups in total. The number of aromatic nitrogens is 2. The van der Waals surface area contributed by atoms with Crippen LogP contribution in [0, 0.1) is 0 Å². The fraction of sp³-hybridized carbons (Fsp3) is 0.438. The Morgan fingerprint density at radius 3 is 2.90 bits per heavy atom. The average Bonchev–Trinajstić information content (AvgIpc) is 2.92. The van der Waals surface area contributed by atoms with Gasteiger partial charge in [-0.25, -0.2) is 0 Å². The number of aryl methyl sites for hydroxylation is 1. The third-order valence-electron chi connectivity index (χ3n) is 3.21. The standard InChI is InChI=1S/C16H22ClN3S/c1-3-10-20-16(8-9-19-20)15(18-4-2)12-21-14-7-5-6-13(17)11-14/h5-9,11,15,18H,3-4,10,12H2,1-2H3. The van der Waals surface area contributed by atoms with Crippen molar-refractivity contribution in [1.29, 1.82) is 0 Å². The number of halogens is 1. The van der Waals surface area contributed by atoms with Crippen molar-refractivity contribution < 1.29 is 0 Å². The van der Waals surface area contributed by atoms with Gasteiger partial charge in [0.05, 0.1) is 11.7 Å². The van der Waals surface area contributed by atoms with Crippen LogP contribution in [0.25, 0.3) is 0 Å². The second-order valence-corrected chi connectivity index (χ2v) is 6.39. The molecule has 114 valence electrons. The summed E-state index contributed by atoms with van der Waals surface area (Å²) in [7, 11) is 0. The van der Waals surface area contributed by atoms with Crippen LogP contribution < -0.4 is 5.32 Å². The van der Waals surface area contributed by atoms with Crippen LogP contribution in [-0.2, 0) is 6.54 Å². The van der Waals surface area contributed by atoms with Crippen LogP contribution >= 0.6 is 23.4 Å². The number of hydrogen-bond acceptors (Lipinski definition) is 3. The summed E-state index contributed by atoms with van der Waals surface area (Å²) >= 11 is 7.86. The van der Waals surface area contributed by atoms with Gasteiger partial charge in [-0.3, -0.25) is 4.68 Å². The van der Waals surface area contributed by atoms with E-state index in [9.17, 15) is 0 Å². The molecule has 0 bridgehead atoms. The van der Waals surface area contributed by atoms with E-state index in [1.165, 1.54) is 10.6 Å². The van der Waals surface area contributed by atoms with E-state index in [-0.39, 0.29) is 0 Å². The van der Waals surface area contributed by atoms with E-state index in [0.29, 0.717) is 6.04 Å².